The van der Waals surface area contributed by atoms with E-state index in [2.05, 4.69) is 15.3 Å². The second kappa shape index (κ2) is 5.72. The van der Waals surface area contributed by atoms with Gasteiger partial charge in [0.2, 0.25) is 5.91 Å². The second-order valence-electron chi connectivity index (χ2n) is 6.05. The molecule has 0 bridgehead atoms. The van der Waals surface area contributed by atoms with Gasteiger partial charge < -0.3 is 10.4 Å². The van der Waals surface area contributed by atoms with Gasteiger partial charge >= 0.3 is 0 Å². The van der Waals surface area contributed by atoms with E-state index in [1.807, 2.05) is 41.8 Å². The monoisotopic (exact) mass is 322 g/mol. The van der Waals surface area contributed by atoms with E-state index in [4.69, 9.17) is 5.11 Å². The highest BCUT2D eigenvalue weighted by atomic mass is 16.2. The van der Waals surface area contributed by atoms with Crippen molar-refractivity contribution in [3.8, 4) is 5.69 Å². The molecular formula is C18H18N4O2. The number of hydrogen-bond acceptors (Lipinski definition) is 4. The molecule has 3 heterocycles. The number of nitrogens with one attached hydrogen (secondary N) is 1. The molecule has 2 aromatic heterocycles. The molecule has 0 spiro atoms. The van der Waals surface area contributed by atoms with Gasteiger partial charge in [0.15, 0.2) is 5.65 Å². The summed E-state index contributed by atoms with van der Waals surface area (Å²) < 4.78 is 2.03. The lowest BCUT2D eigenvalue weighted by Gasteiger charge is -2.10. The van der Waals surface area contributed by atoms with Crippen molar-refractivity contribution in [2.75, 3.05) is 11.9 Å². The van der Waals surface area contributed by atoms with E-state index < -0.39 is 0 Å². The van der Waals surface area contributed by atoms with Crippen molar-refractivity contribution in [3.05, 3.63) is 47.4 Å². The maximum atomic E-state index is 11.6. The molecule has 0 aliphatic carbocycles. The second-order valence-corrected chi connectivity index (χ2v) is 6.05. The van der Waals surface area contributed by atoms with Crippen LogP contribution in [-0.2, 0) is 17.6 Å². The molecule has 4 rings (SSSR count). The number of rotatable bonds is 4. The average molecular weight is 322 g/mol. The minimum Gasteiger partial charge on any atom is -0.396 e. The largest absolute Gasteiger partial charge is 0.396 e. The number of pyridine rings is 1. The first-order valence-corrected chi connectivity index (χ1v) is 8.04. The Hall–Kier alpha value is -2.73. The number of hydrogen-bond donors (Lipinski definition) is 2. The van der Waals surface area contributed by atoms with Crippen LogP contribution < -0.4 is 5.32 Å². The van der Waals surface area contributed by atoms with Gasteiger partial charge in [0, 0.05) is 30.1 Å². The molecule has 1 aliphatic heterocycles. The van der Waals surface area contributed by atoms with Gasteiger partial charge in [-0.3, -0.25) is 9.36 Å². The molecular weight excluding hydrogens is 304 g/mol. The van der Waals surface area contributed by atoms with Crippen molar-refractivity contribution in [2.24, 2.45) is 0 Å². The van der Waals surface area contributed by atoms with Crippen LogP contribution in [0.1, 0.15) is 23.5 Å². The van der Waals surface area contributed by atoms with E-state index in [-0.39, 0.29) is 12.5 Å². The Bertz CT molecular complexity index is 946. The smallest absolute Gasteiger partial charge is 0.228 e. The Balaban J connectivity index is 1.89. The highest BCUT2D eigenvalue weighted by Gasteiger charge is 2.20. The Morgan fingerprint density at radius 3 is 2.96 bits per heavy atom. The molecule has 6 nitrogen and oxygen atoms in total. The van der Waals surface area contributed by atoms with Crippen molar-refractivity contribution in [3.63, 3.8) is 0 Å². The zero-order valence-corrected chi connectivity index (χ0v) is 13.4. The van der Waals surface area contributed by atoms with E-state index in [0.29, 0.717) is 19.3 Å². The number of carbonyl (C=O) groups is 1. The van der Waals surface area contributed by atoms with E-state index in [0.717, 1.165) is 39.6 Å². The molecule has 0 fully saturated rings. The first kappa shape index (κ1) is 14.8. The molecule has 24 heavy (non-hydrogen) atoms. The van der Waals surface area contributed by atoms with Gasteiger partial charge in [0.05, 0.1) is 6.42 Å². The SMILES string of the molecule is Cc1ccc2nc(CCCO)n(-c3ccc4c(c3)CC(=O)N4)c2n1. The Kier molecular flexibility index (Phi) is 3.54. The summed E-state index contributed by atoms with van der Waals surface area (Å²) in [4.78, 5) is 20.9. The normalized spacial score (nSPS) is 13.3. The number of benzene rings is 1. The van der Waals surface area contributed by atoms with E-state index in [1.165, 1.54) is 0 Å². The van der Waals surface area contributed by atoms with Crippen LogP contribution >= 0.6 is 0 Å². The lowest BCUT2D eigenvalue weighted by molar-refractivity contribution is -0.115. The fourth-order valence-electron chi connectivity index (χ4n) is 3.13. The average Bonchev–Trinajstić information content (AvgIpc) is 3.10. The van der Waals surface area contributed by atoms with Crippen LogP contribution in [-0.4, -0.2) is 32.2 Å². The fraction of sp³-hybridized carbons (Fsp3) is 0.278. The predicted molar refractivity (Wildman–Crippen MR) is 91.3 cm³/mol. The highest BCUT2D eigenvalue weighted by molar-refractivity contribution is 5.99. The number of aliphatic hydroxyl groups excluding tert-OH is 1. The van der Waals surface area contributed by atoms with Gasteiger partial charge in [-0.2, -0.15) is 0 Å². The van der Waals surface area contributed by atoms with Crippen LogP contribution in [0.3, 0.4) is 0 Å². The molecule has 0 unspecified atom stereocenters. The number of amides is 1. The van der Waals surface area contributed by atoms with Crippen LogP contribution in [0.5, 0.6) is 0 Å². The molecule has 1 aliphatic rings. The van der Waals surface area contributed by atoms with Crippen molar-refractivity contribution < 1.29 is 9.90 Å². The maximum Gasteiger partial charge on any atom is 0.228 e. The number of anilines is 1. The Labute approximate surface area is 139 Å². The molecule has 3 aromatic rings. The summed E-state index contributed by atoms with van der Waals surface area (Å²) in [6, 6.07) is 9.82. The van der Waals surface area contributed by atoms with Gasteiger partial charge in [0.1, 0.15) is 11.3 Å². The van der Waals surface area contributed by atoms with E-state index in [9.17, 15) is 4.79 Å². The third-order valence-electron chi connectivity index (χ3n) is 4.24. The molecule has 0 atom stereocenters. The number of nitrogens with zero attached hydrogens (tertiary/aromatic N) is 3. The number of imidazole rings is 1. The Morgan fingerprint density at radius 2 is 2.12 bits per heavy atom. The summed E-state index contributed by atoms with van der Waals surface area (Å²) in [7, 11) is 0. The third kappa shape index (κ3) is 2.45. The van der Waals surface area contributed by atoms with Crippen molar-refractivity contribution in [1.29, 1.82) is 0 Å². The summed E-state index contributed by atoms with van der Waals surface area (Å²) in [5.41, 5.74) is 5.37. The molecule has 0 saturated carbocycles. The van der Waals surface area contributed by atoms with Gasteiger partial charge in [0.25, 0.3) is 0 Å². The topological polar surface area (TPSA) is 80.0 Å². The summed E-state index contributed by atoms with van der Waals surface area (Å²) in [5.74, 6) is 0.890. The van der Waals surface area contributed by atoms with Crippen LogP contribution in [0.25, 0.3) is 16.9 Å². The van der Waals surface area contributed by atoms with Gasteiger partial charge in [-0.25, -0.2) is 9.97 Å². The molecule has 1 amide bonds. The van der Waals surface area contributed by atoms with E-state index >= 15 is 0 Å². The first-order chi connectivity index (χ1) is 11.7. The number of aromatic nitrogens is 3. The standard InChI is InChI=1S/C18H18N4O2/c1-11-4-6-15-18(19-11)22(16(20-15)3-2-8-23)13-5-7-14-12(9-13)10-17(24)21-14/h4-7,9,23H,2-3,8,10H2,1H3,(H,21,24). The summed E-state index contributed by atoms with van der Waals surface area (Å²) in [6.07, 6.45) is 1.71. The highest BCUT2D eigenvalue weighted by Crippen LogP contribution is 2.28. The molecule has 0 radical (unpaired) electrons. The number of aliphatic hydroxyl groups is 1. The Morgan fingerprint density at radius 1 is 1.25 bits per heavy atom. The van der Waals surface area contributed by atoms with Crippen molar-refractivity contribution >= 4 is 22.8 Å². The summed E-state index contributed by atoms with van der Waals surface area (Å²) >= 11 is 0. The lowest BCUT2D eigenvalue weighted by Crippen LogP contribution is -2.04. The van der Waals surface area contributed by atoms with Crippen LogP contribution in [0.2, 0.25) is 0 Å². The molecule has 122 valence electrons. The zero-order valence-electron chi connectivity index (χ0n) is 13.4. The van der Waals surface area contributed by atoms with Crippen LogP contribution in [0.15, 0.2) is 30.3 Å². The molecule has 6 heteroatoms. The van der Waals surface area contributed by atoms with E-state index in [1.54, 1.807) is 0 Å². The predicted octanol–water partition coefficient (Wildman–Crippen LogP) is 2.15. The van der Waals surface area contributed by atoms with Crippen LogP contribution in [0.4, 0.5) is 5.69 Å². The van der Waals surface area contributed by atoms with Crippen molar-refractivity contribution in [1.82, 2.24) is 14.5 Å². The minimum atomic E-state index is 0.0205. The molecule has 2 N–H and O–H groups in total. The number of fused-ring (bicyclic) bond motifs is 2. The number of carbonyl (C=O) groups excluding carboxylic acids is 1. The lowest BCUT2D eigenvalue weighted by atomic mass is 10.1. The van der Waals surface area contributed by atoms with Gasteiger partial charge in [-0.05, 0) is 49.2 Å². The first-order valence-electron chi connectivity index (χ1n) is 8.04. The number of aryl methyl sites for hydroxylation is 2. The zero-order chi connectivity index (χ0) is 16.7. The summed E-state index contributed by atoms with van der Waals surface area (Å²) in [6.45, 7) is 2.08. The molecule has 1 aromatic carbocycles. The van der Waals surface area contributed by atoms with Crippen molar-refractivity contribution in [2.45, 2.75) is 26.2 Å². The quantitative estimate of drug-likeness (QED) is 0.771. The van der Waals surface area contributed by atoms with Gasteiger partial charge in [-0.1, -0.05) is 0 Å². The minimum absolute atomic E-state index is 0.0205. The fourth-order valence-corrected chi connectivity index (χ4v) is 3.13. The molecule has 0 saturated heterocycles. The van der Waals surface area contributed by atoms with Crippen LogP contribution in [0, 0.1) is 6.92 Å². The third-order valence-corrected chi connectivity index (χ3v) is 4.24. The van der Waals surface area contributed by atoms with Gasteiger partial charge in [-0.15, -0.1) is 0 Å². The maximum absolute atomic E-state index is 11.6. The summed E-state index contributed by atoms with van der Waals surface area (Å²) in [5, 5.41) is 12.0.